The first-order valence-corrected chi connectivity index (χ1v) is 5.69. The third kappa shape index (κ3) is 2.64. The lowest BCUT2D eigenvalue weighted by Gasteiger charge is -2.17. The molecule has 0 N–H and O–H groups in total. The lowest BCUT2D eigenvalue weighted by Crippen LogP contribution is -2.23. The highest BCUT2D eigenvalue weighted by molar-refractivity contribution is 5.81. The molecule has 0 saturated carbocycles. The van der Waals surface area contributed by atoms with Crippen LogP contribution < -0.4 is 0 Å². The molecule has 0 bridgehead atoms. The standard InChI is InChI=1S/C14H14N4/c1-11(17-10-15)18(2)9-12-7-13-5-3-4-6-14(13)16-8-12/h3-8H,9H2,1-2H3. The van der Waals surface area contributed by atoms with Crippen LogP contribution >= 0.6 is 0 Å². The summed E-state index contributed by atoms with van der Waals surface area (Å²) in [6, 6.07) is 10.1. The van der Waals surface area contributed by atoms with E-state index in [0.29, 0.717) is 12.4 Å². The van der Waals surface area contributed by atoms with Gasteiger partial charge >= 0.3 is 0 Å². The first-order chi connectivity index (χ1) is 8.70. The van der Waals surface area contributed by atoms with Crippen LogP contribution in [-0.4, -0.2) is 22.8 Å². The van der Waals surface area contributed by atoms with Gasteiger partial charge in [-0.25, -0.2) is 0 Å². The Morgan fingerprint density at radius 2 is 2.22 bits per heavy atom. The van der Waals surface area contributed by atoms with E-state index in [4.69, 9.17) is 5.26 Å². The zero-order valence-electron chi connectivity index (χ0n) is 10.5. The Hall–Kier alpha value is -2.41. The average Bonchev–Trinajstić information content (AvgIpc) is 2.39. The van der Waals surface area contributed by atoms with Gasteiger partial charge in [-0.1, -0.05) is 18.2 Å². The van der Waals surface area contributed by atoms with Crippen LogP contribution in [0.2, 0.25) is 0 Å². The molecule has 0 unspecified atom stereocenters. The Morgan fingerprint density at radius 1 is 1.44 bits per heavy atom. The maximum atomic E-state index is 8.52. The van der Waals surface area contributed by atoms with Gasteiger partial charge in [0.2, 0.25) is 6.19 Å². The van der Waals surface area contributed by atoms with Gasteiger partial charge in [-0.3, -0.25) is 4.98 Å². The highest BCUT2D eigenvalue weighted by Gasteiger charge is 2.03. The zero-order valence-corrected chi connectivity index (χ0v) is 10.5. The van der Waals surface area contributed by atoms with Gasteiger partial charge in [-0.05, 0) is 24.6 Å². The molecule has 0 spiro atoms. The summed E-state index contributed by atoms with van der Waals surface area (Å²) in [5.41, 5.74) is 2.09. The lowest BCUT2D eigenvalue weighted by molar-refractivity contribution is 0.497. The number of aromatic nitrogens is 1. The van der Waals surface area contributed by atoms with Gasteiger partial charge in [0, 0.05) is 25.2 Å². The minimum absolute atomic E-state index is 0.689. The van der Waals surface area contributed by atoms with E-state index < -0.39 is 0 Å². The molecule has 0 aliphatic carbocycles. The number of hydrogen-bond donors (Lipinski definition) is 0. The monoisotopic (exact) mass is 238 g/mol. The quantitative estimate of drug-likeness (QED) is 0.459. The number of rotatable bonds is 2. The third-order valence-electron chi connectivity index (χ3n) is 2.83. The van der Waals surface area contributed by atoms with Crippen molar-refractivity contribution in [3.05, 3.63) is 42.1 Å². The van der Waals surface area contributed by atoms with Crippen LogP contribution in [0.15, 0.2) is 41.5 Å². The van der Waals surface area contributed by atoms with Crippen LogP contribution in [0.4, 0.5) is 0 Å². The molecular formula is C14H14N4. The van der Waals surface area contributed by atoms with E-state index in [2.05, 4.69) is 16.0 Å². The van der Waals surface area contributed by atoms with Crippen LogP contribution in [0.25, 0.3) is 10.9 Å². The average molecular weight is 238 g/mol. The van der Waals surface area contributed by atoms with Gasteiger partial charge in [-0.15, -0.1) is 0 Å². The highest BCUT2D eigenvalue weighted by Crippen LogP contribution is 2.13. The number of hydrogen-bond acceptors (Lipinski definition) is 3. The molecule has 18 heavy (non-hydrogen) atoms. The normalized spacial score (nSPS) is 11.3. The number of pyridine rings is 1. The van der Waals surface area contributed by atoms with Gasteiger partial charge in [0.1, 0.15) is 5.84 Å². The van der Waals surface area contributed by atoms with Gasteiger partial charge < -0.3 is 4.90 Å². The Morgan fingerprint density at radius 3 is 3.00 bits per heavy atom. The van der Waals surface area contributed by atoms with E-state index in [9.17, 15) is 0 Å². The summed E-state index contributed by atoms with van der Waals surface area (Å²) < 4.78 is 0. The number of benzene rings is 1. The SMILES string of the molecule is CC(=NC#N)N(C)Cc1cnc2ccccc2c1. The van der Waals surface area contributed by atoms with E-state index in [1.54, 1.807) is 6.19 Å². The second-order valence-electron chi connectivity index (χ2n) is 4.15. The van der Waals surface area contributed by atoms with Crippen LogP contribution in [0.1, 0.15) is 12.5 Å². The van der Waals surface area contributed by atoms with Crippen LogP contribution in [-0.2, 0) is 6.54 Å². The van der Waals surface area contributed by atoms with E-state index in [0.717, 1.165) is 16.5 Å². The Bertz CT molecular complexity index is 625. The molecule has 0 atom stereocenters. The van der Waals surface area contributed by atoms with E-state index in [1.807, 2.05) is 49.3 Å². The molecule has 4 nitrogen and oxygen atoms in total. The van der Waals surface area contributed by atoms with Crippen molar-refractivity contribution in [3.63, 3.8) is 0 Å². The largest absolute Gasteiger partial charge is 0.358 e. The maximum absolute atomic E-state index is 8.52. The summed E-state index contributed by atoms with van der Waals surface area (Å²) in [4.78, 5) is 10.0. The summed E-state index contributed by atoms with van der Waals surface area (Å²) in [5.74, 6) is 0.700. The minimum atomic E-state index is 0.689. The van der Waals surface area contributed by atoms with E-state index in [-0.39, 0.29) is 0 Å². The second kappa shape index (κ2) is 5.28. The third-order valence-corrected chi connectivity index (χ3v) is 2.83. The van der Waals surface area contributed by atoms with Crippen molar-refractivity contribution >= 4 is 16.7 Å². The van der Waals surface area contributed by atoms with Gasteiger partial charge in [0.05, 0.1) is 5.52 Å². The fraction of sp³-hybridized carbons (Fsp3) is 0.214. The molecule has 4 heteroatoms. The molecule has 1 aromatic heterocycles. The fourth-order valence-electron chi connectivity index (χ4n) is 1.75. The molecule has 2 rings (SSSR count). The van der Waals surface area contributed by atoms with Crippen LogP contribution in [0.5, 0.6) is 0 Å². The molecule has 90 valence electrons. The minimum Gasteiger partial charge on any atom is -0.358 e. The van der Waals surface area contributed by atoms with Crippen molar-refractivity contribution in [1.29, 1.82) is 5.26 Å². The predicted molar refractivity (Wildman–Crippen MR) is 71.9 cm³/mol. The number of para-hydroxylation sites is 1. The number of nitriles is 1. The van der Waals surface area contributed by atoms with Crippen molar-refractivity contribution in [2.75, 3.05) is 7.05 Å². The van der Waals surface area contributed by atoms with Crippen LogP contribution in [0, 0.1) is 11.5 Å². The fourth-order valence-corrected chi connectivity index (χ4v) is 1.75. The number of nitrogens with zero attached hydrogens (tertiary/aromatic N) is 4. The molecule has 0 fully saturated rings. The van der Waals surface area contributed by atoms with E-state index in [1.165, 1.54) is 0 Å². The first-order valence-electron chi connectivity index (χ1n) is 5.69. The molecule has 0 saturated heterocycles. The lowest BCUT2D eigenvalue weighted by atomic mass is 10.1. The first kappa shape index (κ1) is 12.1. The van der Waals surface area contributed by atoms with Gasteiger partial charge in [-0.2, -0.15) is 10.3 Å². The van der Waals surface area contributed by atoms with Crippen molar-refractivity contribution in [2.24, 2.45) is 4.99 Å². The highest BCUT2D eigenvalue weighted by atomic mass is 15.2. The molecule has 0 aliphatic rings. The topological polar surface area (TPSA) is 52.3 Å². The summed E-state index contributed by atoms with van der Waals surface area (Å²) in [6.45, 7) is 2.51. The molecule has 1 heterocycles. The van der Waals surface area contributed by atoms with E-state index >= 15 is 0 Å². The molecule has 0 radical (unpaired) electrons. The molecule has 1 aromatic carbocycles. The summed E-state index contributed by atoms with van der Waals surface area (Å²) >= 11 is 0. The summed E-state index contributed by atoms with van der Waals surface area (Å²) in [5, 5.41) is 9.64. The van der Waals surface area contributed by atoms with Crippen molar-refractivity contribution in [1.82, 2.24) is 9.88 Å². The molecular weight excluding hydrogens is 224 g/mol. The Labute approximate surface area is 106 Å². The summed E-state index contributed by atoms with van der Waals surface area (Å²) in [6.07, 6.45) is 3.65. The smallest absolute Gasteiger partial charge is 0.207 e. The second-order valence-corrected chi connectivity index (χ2v) is 4.15. The zero-order chi connectivity index (χ0) is 13.0. The maximum Gasteiger partial charge on any atom is 0.207 e. The number of amidine groups is 1. The predicted octanol–water partition coefficient (Wildman–Crippen LogP) is 2.57. The van der Waals surface area contributed by atoms with Crippen molar-refractivity contribution in [3.8, 4) is 6.19 Å². The number of fused-ring (bicyclic) bond motifs is 1. The van der Waals surface area contributed by atoms with Crippen molar-refractivity contribution < 1.29 is 0 Å². The van der Waals surface area contributed by atoms with Crippen LogP contribution in [0.3, 0.4) is 0 Å². The summed E-state index contributed by atoms with van der Waals surface area (Å²) in [7, 11) is 1.91. The Balaban J connectivity index is 2.22. The van der Waals surface area contributed by atoms with Crippen molar-refractivity contribution in [2.45, 2.75) is 13.5 Å². The molecule has 0 amide bonds. The van der Waals surface area contributed by atoms with Gasteiger partial charge in [0.15, 0.2) is 0 Å². The number of aliphatic imine (C=N–C) groups is 1. The Kier molecular flexibility index (Phi) is 3.54. The molecule has 0 aliphatic heterocycles. The molecule has 2 aromatic rings. The van der Waals surface area contributed by atoms with Gasteiger partial charge in [0.25, 0.3) is 0 Å².